The van der Waals surface area contributed by atoms with E-state index in [2.05, 4.69) is 55.2 Å². The van der Waals surface area contributed by atoms with Crippen LogP contribution in [0.4, 0.5) is 0 Å². The highest BCUT2D eigenvalue weighted by molar-refractivity contribution is 8.14. The molecule has 2 aromatic rings. The van der Waals surface area contributed by atoms with Crippen LogP contribution in [0.3, 0.4) is 0 Å². The second-order valence-corrected chi connectivity index (χ2v) is 10.2. The van der Waals surface area contributed by atoms with Crippen LogP contribution in [-0.2, 0) is 0 Å². The summed E-state index contributed by atoms with van der Waals surface area (Å²) in [4.78, 5) is 3.88. The van der Waals surface area contributed by atoms with Crippen molar-refractivity contribution >= 4 is 28.4 Å². The Morgan fingerprint density at radius 1 is 1.25 bits per heavy atom. The minimum atomic E-state index is 0.110. The standard InChI is InChI=1S/C20H29ClN6S/c1-19(2)11-15(12-20(3,4)25-19)26(5)13-28-18(22)16-7-6-14(10-17(16)21)27-23-8-9-24-27/h6-10,15,22,25H,11-13H2,1-5H3. The third-order valence-electron chi connectivity index (χ3n) is 5.05. The van der Waals surface area contributed by atoms with Gasteiger partial charge in [-0.1, -0.05) is 23.4 Å². The number of piperidine rings is 1. The van der Waals surface area contributed by atoms with Gasteiger partial charge in [0, 0.05) is 22.7 Å². The summed E-state index contributed by atoms with van der Waals surface area (Å²) in [5.74, 6) is 0.758. The molecule has 1 aromatic heterocycles. The zero-order chi connectivity index (χ0) is 20.5. The first-order chi connectivity index (χ1) is 13.1. The van der Waals surface area contributed by atoms with E-state index < -0.39 is 0 Å². The van der Waals surface area contributed by atoms with Gasteiger partial charge in [0.25, 0.3) is 0 Å². The fraction of sp³-hybridized carbons (Fsp3) is 0.550. The second-order valence-electron chi connectivity index (χ2n) is 8.80. The van der Waals surface area contributed by atoms with Crippen molar-refractivity contribution < 1.29 is 0 Å². The second kappa shape index (κ2) is 8.14. The van der Waals surface area contributed by atoms with Gasteiger partial charge in [-0.05, 0) is 65.8 Å². The molecule has 28 heavy (non-hydrogen) atoms. The van der Waals surface area contributed by atoms with Crippen molar-refractivity contribution in [2.24, 2.45) is 0 Å². The smallest absolute Gasteiger partial charge is 0.0970 e. The average molecular weight is 421 g/mol. The normalized spacial score (nSPS) is 19.1. The maximum atomic E-state index is 8.48. The van der Waals surface area contributed by atoms with E-state index in [0.29, 0.717) is 16.1 Å². The van der Waals surface area contributed by atoms with E-state index in [9.17, 15) is 0 Å². The number of hydrogen-bond donors (Lipinski definition) is 2. The molecule has 1 aliphatic heterocycles. The van der Waals surface area contributed by atoms with Crippen LogP contribution in [0.5, 0.6) is 0 Å². The maximum absolute atomic E-state index is 8.48. The molecule has 0 bridgehead atoms. The summed E-state index contributed by atoms with van der Waals surface area (Å²) >= 11 is 7.95. The molecule has 0 spiro atoms. The molecule has 6 nitrogen and oxygen atoms in total. The van der Waals surface area contributed by atoms with Crippen LogP contribution in [0.2, 0.25) is 5.02 Å². The summed E-state index contributed by atoms with van der Waals surface area (Å²) in [7, 11) is 2.15. The van der Waals surface area contributed by atoms with Crippen LogP contribution in [0, 0.1) is 5.41 Å². The van der Waals surface area contributed by atoms with Gasteiger partial charge in [-0.15, -0.1) is 0 Å². The molecule has 2 N–H and O–H groups in total. The lowest BCUT2D eigenvalue weighted by atomic mass is 9.79. The van der Waals surface area contributed by atoms with Gasteiger partial charge >= 0.3 is 0 Å². The van der Waals surface area contributed by atoms with E-state index in [1.807, 2.05) is 12.1 Å². The van der Waals surface area contributed by atoms with Gasteiger partial charge < -0.3 is 5.32 Å². The third-order valence-corrected chi connectivity index (χ3v) is 6.41. The SMILES string of the molecule is CN(CSC(=N)c1ccc(-n2nccn2)cc1Cl)C1CC(C)(C)NC(C)(C)C1. The number of aromatic nitrogens is 3. The van der Waals surface area contributed by atoms with E-state index >= 15 is 0 Å². The van der Waals surface area contributed by atoms with Gasteiger partial charge in [0.05, 0.1) is 34.0 Å². The highest BCUT2D eigenvalue weighted by Gasteiger charge is 2.39. The van der Waals surface area contributed by atoms with Crippen molar-refractivity contribution in [1.82, 2.24) is 25.2 Å². The number of hydrogen-bond acceptors (Lipinski definition) is 6. The van der Waals surface area contributed by atoms with Crippen molar-refractivity contribution in [3.63, 3.8) is 0 Å². The predicted molar refractivity (Wildman–Crippen MR) is 118 cm³/mol. The number of halogens is 1. The average Bonchev–Trinajstić information content (AvgIpc) is 3.11. The van der Waals surface area contributed by atoms with Crippen LogP contribution in [0.15, 0.2) is 30.6 Å². The molecule has 1 aliphatic rings. The molecule has 0 unspecified atom stereocenters. The Bertz CT molecular complexity index is 817. The number of benzene rings is 1. The van der Waals surface area contributed by atoms with E-state index in [-0.39, 0.29) is 11.1 Å². The highest BCUT2D eigenvalue weighted by atomic mass is 35.5. The minimum Gasteiger partial charge on any atom is -0.307 e. The maximum Gasteiger partial charge on any atom is 0.0970 e. The van der Waals surface area contributed by atoms with Crippen molar-refractivity contribution in [3.05, 3.63) is 41.2 Å². The number of nitrogens with one attached hydrogen (secondary N) is 2. The van der Waals surface area contributed by atoms with Gasteiger partial charge in [0.15, 0.2) is 0 Å². The van der Waals surface area contributed by atoms with Crippen LogP contribution < -0.4 is 5.32 Å². The molecule has 1 saturated heterocycles. The number of rotatable bonds is 5. The van der Waals surface area contributed by atoms with Crippen LogP contribution in [0.25, 0.3) is 5.69 Å². The lowest BCUT2D eigenvalue weighted by Crippen LogP contribution is -2.61. The van der Waals surface area contributed by atoms with Crippen LogP contribution in [-0.4, -0.2) is 55.0 Å². The van der Waals surface area contributed by atoms with Gasteiger partial charge in [-0.3, -0.25) is 10.3 Å². The Morgan fingerprint density at radius 3 is 2.43 bits per heavy atom. The fourth-order valence-electron chi connectivity index (χ4n) is 4.09. The highest BCUT2D eigenvalue weighted by Crippen LogP contribution is 2.32. The molecule has 2 heterocycles. The topological polar surface area (TPSA) is 69.8 Å². The number of thioether (sulfide) groups is 1. The molecule has 0 radical (unpaired) electrons. The Morgan fingerprint density at radius 2 is 1.86 bits per heavy atom. The van der Waals surface area contributed by atoms with E-state index in [4.69, 9.17) is 17.0 Å². The van der Waals surface area contributed by atoms with Crippen molar-refractivity contribution in [2.75, 3.05) is 12.9 Å². The van der Waals surface area contributed by atoms with E-state index in [0.717, 1.165) is 30.0 Å². The molecular weight excluding hydrogens is 392 g/mol. The summed E-state index contributed by atoms with van der Waals surface area (Å²) in [6, 6.07) is 6.04. The molecule has 0 aliphatic carbocycles. The van der Waals surface area contributed by atoms with E-state index in [1.165, 1.54) is 16.6 Å². The monoisotopic (exact) mass is 420 g/mol. The first-order valence-electron chi connectivity index (χ1n) is 9.44. The Balaban J connectivity index is 1.62. The number of nitrogens with zero attached hydrogens (tertiary/aromatic N) is 4. The minimum absolute atomic E-state index is 0.110. The lowest BCUT2D eigenvalue weighted by Gasteiger charge is -2.49. The van der Waals surface area contributed by atoms with Crippen molar-refractivity contribution in [3.8, 4) is 5.69 Å². The quantitative estimate of drug-likeness (QED) is 0.431. The van der Waals surface area contributed by atoms with Gasteiger partial charge in [-0.2, -0.15) is 15.0 Å². The summed E-state index contributed by atoms with van der Waals surface area (Å²) in [5.41, 5.74) is 1.74. The molecular formula is C20H29ClN6S. The Labute approximate surface area is 176 Å². The van der Waals surface area contributed by atoms with Crippen molar-refractivity contribution in [1.29, 1.82) is 5.41 Å². The largest absolute Gasteiger partial charge is 0.307 e. The fourth-order valence-corrected chi connectivity index (χ4v) is 5.29. The van der Waals surface area contributed by atoms with E-state index in [1.54, 1.807) is 18.5 Å². The van der Waals surface area contributed by atoms with Crippen molar-refractivity contribution in [2.45, 2.75) is 57.7 Å². The zero-order valence-electron chi connectivity index (χ0n) is 17.2. The zero-order valence-corrected chi connectivity index (χ0v) is 18.7. The molecule has 1 fully saturated rings. The molecule has 0 saturated carbocycles. The molecule has 0 atom stereocenters. The summed E-state index contributed by atoms with van der Waals surface area (Å²) in [6.07, 6.45) is 5.43. The van der Waals surface area contributed by atoms with Gasteiger partial charge in [0.1, 0.15) is 0 Å². The van der Waals surface area contributed by atoms with Crippen LogP contribution in [0.1, 0.15) is 46.1 Å². The summed E-state index contributed by atoms with van der Waals surface area (Å²) < 4.78 is 0. The van der Waals surface area contributed by atoms with Crippen LogP contribution >= 0.6 is 23.4 Å². The van der Waals surface area contributed by atoms with Gasteiger partial charge in [0.2, 0.25) is 0 Å². The Hall–Kier alpha value is -1.41. The predicted octanol–water partition coefficient (Wildman–Crippen LogP) is 4.18. The molecule has 0 amide bonds. The molecule has 1 aromatic carbocycles. The summed E-state index contributed by atoms with van der Waals surface area (Å²) in [6.45, 7) is 9.05. The first kappa shape index (κ1) is 21.3. The molecule has 3 rings (SSSR count). The lowest BCUT2D eigenvalue weighted by molar-refractivity contribution is 0.0923. The molecule has 8 heteroatoms. The van der Waals surface area contributed by atoms with Gasteiger partial charge in [-0.25, -0.2) is 0 Å². The summed E-state index contributed by atoms with van der Waals surface area (Å²) in [5, 5.41) is 21.4. The first-order valence-corrected chi connectivity index (χ1v) is 10.8. The molecule has 152 valence electrons. The third kappa shape index (κ3) is 5.14. The Kier molecular flexibility index (Phi) is 6.20.